The van der Waals surface area contributed by atoms with Crippen LogP contribution in [0.5, 0.6) is 0 Å². The van der Waals surface area contributed by atoms with E-state index in [1.54, 1.807) is 4.98 Å². The zero-order valence-electron chi connectivity index (χ0n) is 10.6. The Balaban J connectivity index is 2.12. The minimum absolute atomic E-state index is 0.0268. The van der Waals surface area contributed by atoms with Crippen LogP contribution in [-0.2, 0) is 12.7 Å². The molecule has 3 aromatic rings. The Morgan fingerprint density at radius 2 is 1.90 bits per heavy atom. The van der Waals surface area contributed by atoms with Gasteiger partial charge in [-0.25, -0.2) is 9.67 Å². The molecule has 0 atom stereocenters. The molecule has 0 saturated carbocycles. The predicted molar refractivity (Wildman–Crippen MR) is 68.7 cm³/mol. The highest BCUT2D eigenvalue weighted by molar-refractivity contribution is 5.73. The van der Waals surface area contributed by atoms with Crippen LogP contribution in [0.3, 0.4) is 0 Å². The second-order valence-corrected chi connectivity index (χ2v) is 4.44. The van der Waals surface area contributed by atoms with E-state index in [1.807, 2.05) is 30.3 Å². The first kappa shape index (κ1) is 13.3. The van der Waals surface area contributed by atoms with E-state index in [1.165, 1.54) is 10.9 Å². The number of H-pyrrole nitrogens is 1. The maximum atomic E-state index is 12.7. The highest BCUT2D eigenvalue weighted by Crippen LogP contribution is 2.26. The molecule has 0 saturated heterocycles. The molecule has 2 aromatic heterocycles. The Kier molecular flexibility index (Phi) is 3.00. The van der Waals surface area contributed by atoms with Gasteiger partial charge in [-0.1, -0.05) is 30.3 Å². The molecule has 0 unspecified atom stereocenters. The lowest BCUT2D eigenvalue weighted by atomic mass is 10.2. The number of aromatic nitrogens is 4. The van der Waals surface area contributed by atoms with Crippen LogP contribution in [-0.4, -0.2) is 19.7 Å². The average Bonchev–Trinajstić information content (AvgIpc) is 2.83. The topological polar surface area (TPSA) is 63.6 Å². The third-order valence-electron chi connectivity index (χ3n) is 2.95. The van der Waals surface area contributed by atoms with Crippen molar-refractivity contribution < 1.29 is 13.2 Å². The number of hydrogen-bond donors (Lipinski definition) is 1. The van der Waals surface area contributed by atoms with E-state index in [-0.39, 0.29) is 17.6 Å². The van der Waals surface area contributed by atoms with Gasteiger partial charge in [0, 0.05) is 0 Å². The van der Waals surface area contributed by atoms with Gasteiger partial charge in [0.15, 0.2) is 5.65 Å². The standard InChI is InChI=1S/C13H9F3N4O/c14-13(15,16)12-18-10-9(11(21)19-12)6-17-20(10)7-8-4-2-1-3-5-8/h1-6H,7H2,(H,18,19,21). The van der Waals surface area contributed by atoms with Gasteiger partial charge in [-0.3, -0.25) is 4.79 Å². The molecule has 1 aromatic carbocycles. The molecule has 0 fully saturated rings. The molecule has 0 bridgehead atoms. The van der Waals surface area contributed by atoms with Crippen molar-refractivity contribution in [2.24, 2.45) is 0 Å². The van der Waals surface area contributed by atoms with Gasteiger partial charge in [0.25, 0.3) is 5.56 Å². The smallest absolute Gasteiger partial charge is 0.302 e. The summed E-state index contributed by atoms with van der Waals surface area (Å²) < 4.78 is 39.4. The van der Waals surface area contributed by atoms with Gasteiger partial charge >= 0.3 is 6.18 Å². The van der Waals surface area contributed by atoms with Gasteiger partial charge in [-0.2, -0.15) is 18.3 Å². The summed E-state index contributed by atoms with van der Waals surface area (Å²) >= 11 is 0. The molecule has 0 radical (unpaired) electrons. The van der Waals surface area contributed by atoms with Crippen LogP contribution in [0.4, 0.5) is 13.2 Å². The third-order valence-corrected chi connectivity index (χ3v) is 2.95. The van der Waals surface area contributed by atoms with Crippen LogP contribution in [0.1, 0.15) is 11.4 Å². The summed E-state index contributed by atoms with van der Waals surface area (Å²) in [5.74, 6) is -1.32. The Morgan fingerprint density at radius 3 is 2.57 bits per heavy atom. The molecule has 8 heteroatoms. The van der Waals surface area contributed by atoms with Crippen molar-refractivity contribution in [2.45, 2.75) is 12.7 Å². The summed E-state index contributed by atoms with van der Waals surface area (Å²) in [5.41, 5.74) is -0.0975. The first-order valence-electron chi connectivity index (χ1n) is 6.02. The summed E-state index contributed by atoms with van der Waals surface area (Å²) in [7, 11) is 0. The average molecular weight is 294 g/mol. The Morgan fingerprint density at radius 1 is 1.19 bits per heavy atom. The zero-order valence-corrected chi connectivity index (χ0v) is 10.6. The van der Waals surface area contributed by atoms with E-state index in [9.17, 15) is 18.0 Å². The molecule has 1 N–H and O–H groups in total. The minimum Gasteiger partial charge on any atom is -0.302 e. The minimum atomic E-state index is -4.71. The first-order valence-corrected chi connectivity index (χ1v) is 6.02. The lowest BCUT2D eigenvalue weighted by molar-refractivity contribution is -0.144. The van der Waals surface area contributed by atoms with Crippen molar-refractivity contribution in [1.82, 2.24) is 19.7 Å². The second kappa shape index (κ2) is 4.72. The number of hydrogen-bond acceptors (Lipinski definition) is 3. The second-order valence-electron chi connectivity index (χ2n) is 4.44. The van der Waals surface area contributed by atoms with Crippen LogP contribution >= 0.6 is 0 Å². The van der Waals surface area contributed by atoms with Crippen molar-refractivity contribution in [2.75, 3.05) is 0 Å². The van der Waals surface area contributed by atoms with E-state index in [0.717, 1.165) is 5.56 Å². The quantitative estimate of drug-likeness (QED) is 0.788. The maximum Gasteiger partial charge on any atom is 0.449 e. The SMILES string of the molecule is O=c1[nH]c(C(F)(F)F)nc2c1cnn2Cc1ccccc1. The van der Waals surface area contributed by atoms with Gasteiger partial charge in [0.05, 0.1) is 12.7 Å². The van der Waals surface area contributed by atoms with Crippen molar-refractivity contribution in [3.63, 3.8) is 0 Å². The number of rotatable bonds is 2. The van der Waals surface area contributed by atoms with E-state index in [4.69, 9.17) is 0 Å². The van der Waals surface area contributed by atoms with Crippen molar-refractivity contribution in [3.8, 4) is 0 Å². The summed E-state index contributed by atoms with van der Waals surface area (Å²) in [6.45, 7) is 0.234. The fourth-order valence-corrected chi connectivity index (χ4v) is 1.97. The lowest BCUT2D eigenvalue weighted by Crippen LogP contribution is -2.19. The summed E-state index contributed by atoms with van der Waals surface area (Å²) in [5, 5.41) is 3.97. The van der Waals surface area contributed by atoms with E-state index in [2.05, 4.69) is 10.1 Å². The Labute approximate surface area is 116 Å². The molecule has 108 valence electrons. The molecule has 0 aliphatic heterocycles. The lowest BCUT2D eigenvalue weighted by Gasteiger charge is -2.06. The van der Waals surface area contributed by atoms with Gasteiger partial charge in [-0.05, 0) is 5.56 Å². The molecular formula is C13H9F3N4O. The van der Waals surface area contributed by atoms with Crippen LogP contribution < -0.4 is 5.56 Å². The number of aromatic amines is 1. The Bertz CT molecular complexity index is 836. The van der Waals surface area contributed by atoms with Crippen molar-refractivity contribution in [3.05, 3.63) is 58.3 Å². The normalized spacial score (nSPS) is 12.0. The van der Waals surface area contributed by atoms with Gasteiger partial charge in [0.2, 0.25) is 5.82 Å². The molecular weight excluding hydrogens is 285 g/mol. The van der Waals surface area contributed by atoms with E-state index < -0.39 is 17.6 Å². The van der Waals surface area contributed by atoms with E-state index in [0.29, 0.717) is 0 Å². The molecule has 0 spiro atoms. The van der Waals surface area contributed by atoms with Gasteiger partial charge in [-0.15, -0.1) is 0 Å². The fraction of sp³-hybridized carbons (Fsp3) is 0.154. The number of fused-ring (bicyclic) bond motifs is 1. The maximum absolute atomic E-state index is 12.7. The van der Waals surface area contributed by atoms with Gasteiger partial charge in [0.1, 0.15) is 5.39 Å². The largest absolute Gasteiger partial charge is 0.449 e. The van der Waals surface area contributed by atoms with Crippen LogP contribution in [0, 0.1) is 0 Å². The fourth-order valence-electron chi connectivity index (χ4n) is 1.97. The van der Waals surface area contributed by atoms with Crippen LogP contribution in [0.2, 0.25) is 0 Å². The predicted octanol–water partition coefficient (Wildman–Crippen LogP) is 2.19. The molecule has 5 nitrogen and oxygen atoms in total. The molecule has 0 amide bonds. The van der Waals surface area contributed by atoms with Gasteiger partial charge < -0.3 is 4.98 Å². The number of nitrogens with zero attached hydrogens (tertiary/aromatic N) is 3. The molecule has 0 aliphatic carbocycles. The number of nitrogens with one attached hydrogen (secondary N) is 1. The molecule has 2 heterocycles. The van der Waals surface area contributed by atoms with E-state index >= 15 is 0 Å². The highest BCUT2D eigenvalue weighted by Gasteiger charge is 2.35. The summed E-state index contributed by atoms with van der Waals surface area (Å²) in [6.07, 6.45) is -3.50. The van der Waals surface area contributed by atoms with Crippen molar-refractivity contribution >= 4 is 11.0 Å². The zero-order chi connectivity index (χ0) is 15.0. The number of benzene rings is 1. The van der Waals surface area contributed by atoms with Crippen LogP contribution in [0.15, 0.2) is 41.3 Å². The third kappa shape index (κ3) is 2.51. The first-order chi connectivity index (χ1) is 9.95. The number of halogens is 3. The van der Waals surface area contributed by atoms with Crippen LogP contribution in [0.25, 0.3) is 11.0 Å². The molecule has 21 heavy (non-hydrogen) atoms. The monoisotopic (exact) mass is 294 g/mol. The summed E-state index contributed by atoms with van der Waals surface area (Å²) in [4.78, 5) is 16.9. The summed E-state index contributed by atoms with van der Waals surface area (Å²) in [6, 6.07) is 9.07. The highest BCUT2D eigenvalue weighted by atomic mass is 19.4. The molecule has 3 rings (SSSR count). The number of alkyl halides is 3. The molecule has 0 aliphatic rings. The Hall–Kier alpha value is -2.64. The van der Waals surface area contributed by atoms with Crippen molar-refractivity contribution in [1.29, 1.82) is 0 Å².